The summed E-state index contributed by atoms with van der Waals surface area (Å²) in [5, 5.41) is 5.73. The maximum absolute atomic E-state index is 12.5. The van der Waals surface area contributed by atoms with E-state index in [1.54, 1.807) is 24.3 Å². The lowest BCUT2D eigenvalue weighted by Crippen LogP contribution is -2.46. The Morgan fingerprint density at radius 1 is 1.03 bits per heavy atom. The quantitative estimate of drug-likeness (QED) is 0.771. The van der Waals surface area contributed by atoms with E-state index in [9.17, 15) is 14.4 Å². The van der Waals surface area contributed by atoms with Crippen molar-refractivity contribution >= 4 is 23.4 Å². The van der Waals surface area contributed by atoms with Crippen LogP contribution in [0.15, 0.2) is 48.5 Å². The standard InChI is InChI=1S/C24H29N3O3/c1-17-6-8-19(9-7-17)10-11-23(29)27-14-12-21(13-15-27)26-24(30)20-4-3-5-22(16-20)25-18(2)28/h3-9,16,21H,10-15H2,1-2H3,(H,25,28)(H,26,30). The summed E-state index contributed by atoms with van der Waals surface area (Å²) in [6, 6.07) is 15.2. The molecule has 1 saturated heterocycles. The van der Waals surface area contributed by atoms with Gasteiger partial charge in [0.25, 0.3) is 5.91 Å². The highest BCUT2D eigenvalue weighted by Gasteiger charge is 2.24. The fourth-order valence-electron chi connectivity index (χ4n) is 3.65. The van der Waals surface area contributed by atoms with E-state index in [0.29, 0.717) is 30.8 Å². The van der Waals surface area contributed by atoms with E-state index in [4.69, 9.17) is 0 Å². The number of likely N-dealkylation sites (tertiary alicyclic amines) is 1. The molecule has 0 bridgehead atoms. The van der Waals surface area contributed by atoms with Gasteiger partial charge in [-0.25, -0.2) is 0 Å². The summed E-state index contributed by atoms with van der Waals surface area (Å²) in [6.07, 6.45) is 2.75. The number of piperidine rings is 1. The number of rotatable bonds is 6. The molecule has 0 atom stereocenters. The van der Waals surface area contributed by atoms with E-state index in [1.807, 2.05) is 4.90 Å². The fraction of sp³-hybridized carbons (Fsp3) is 0.375. The van der Waals surface area contributed by atoms with Crippen molar-refractivity contribution in [2.45, 2.75) is 45.6 Å². The molecule has 3 rings (SSSR count). The molecule has 2 aromatic rings. The second kappa shape index (κ2) is 10.1. The summed E-state index contributed by atoms with van der Waals surface area (Å²) in [6.45, 7) is 4.80. The summed E-state index contributed by atoms with van der Waals surface area (Å²) in [5.41, 5.74) is 3.51. The SMILES string of the molecule is CC(=O)Nc1cccc(C(=O)NC2CCN(C(=O)CCc3ccc(C)cc3)CC2)c1. The van der Waals surface area contributed by atoms with Crippen LogP contribution in [0.2, 0.25) is 0 Å². The highest BCUT2D eigenvalue weighted by molar-refractivity contribution is 5.97. The normalized spacial score (nSPS) is 14.3. The minimum atomic E-state index is -0.174. The van der Waals surface area contributed by atoms with E-state index in [1.165, 1.54) is 18.1 Å². The van der Waals surface area contributed by atoms with Crippen molar-refractivity contribution in [3.05, 3.63) is 65.2 Å². The molecule has 0 saturated carbocycles. The van der Waals surface area contributed by atoms with Crippen LogP contribution >= 0.6 is 0 Å². The van der Waals surface area contributed by atoms with Crippen molar-refractivity contribution in [3.8, 4) is 0 Å². The van der Waals surface area contributed by atoms with E-state index < -0.39 is 0 Å². The Bertz CT molecular complexity index is 900. The van der Waals surface area contributed by atoms with Crippen molar-refractivity contribution < 1.29 is 14.4 Å². The minimum Gasteiger partial charge on any atom is -0.349 e. The van der Waals surface area contributed by atoms with Gasteiger partial charge in [0.15, 0.2) is 0 Å². The molecule has 158 valence electrons. The number of benzene rings is 2. The van der Waals surface area contributed by atoms with Crippen LogP contribution in [-0.2, 0) is 16.0 Å². The van der Waals surface area contributed by atoms with Crippen molar-refractivity contribution in [3.63, 3.8) is 0 Å². The first-order valence-corrected chi connectivity index (χ1v) is 10.4. The third-order valence-corrected chi connectivity index (χ3v) is 5.38. The van der Waals surface area contributed by atoms with Crippen molar-refractivity contribution in [2.75, 3.05) is 18.4 Å². The molecular formula is C24H29N3O3. The smallest absolute Gasteiger partial charge is 0.251 e. The van der Waals surface area contributed by atoms with Gasteiger partial charge in [-0.05, 0) is 49.9 Å². The Kier molecular flexibility index (Phi) is 7.22. The van der Waals surface area contributed by atoms with Gasteiger partial charge in [-0.1, -0.05) is 35.9 Å². The summed E-state index contributed by atoms with van der Waals surface area (Å²) in [5.74, 6) is -0.165. The van der Waals surface area contributed by atoms with E-state index in [-0.39, 0.29) is 23.8 Å². The zero-order valence-corrected chi connectivity index (χ0v) is 17.6. The lowest BCUT2D eigenvalue weighted by Gasteiger charge is -2.32. The second-order valence-electron chi connectivity index (χ2n) is 7.88. The zero-order valence-electron chi connectivity index (χ0n) is 17.6. The number of anilines is 1. The highest BCUT2D eigenvalue weighted by Crippen LogP contribution is 2.15. The zero-order chi connectivity index (χ0) is 21.5. The average Bonchev–Trinajstić information content (AvgIpc) is 2.73. The number of nitrogens with one attached hydrogen (secondary N) is 2. The Morgan fingerprint density at radius 3 is 2.40 bits per heavy atom. The van der Waals surface area contributed by atoms with Gasteiger partial charge in [0.1, 0.15) is 0 Å². The van der Waals surface area contributed by atoms with Crippen LogP contribution < -0.4 is 10.6 Å². The molecule has 0 aromatic heterocycles. The fourth-order valence-corrected chi connectivity index (χ4v) is 3.65. The monoisotopic (exact) mass is 407 g/mol. The van der Waals surface area contributed by atoms with Crippen molar-refractivity contribution in [2.24, 2.45) is 0 Å². The molecule has 6 heteroatoms. The van der Waals surface area contributed by atoms with Gasteiger partial charge >= 0.3 is 0 Å². The second-order valence-corrected chi connectivity index (χ2v) is 7.88. The predicted octanol–water partition coefficient (Wildman–Crippen LogP) is 3.31. The number of aryl methyl sites for hydroxylation is 2. The molecule has 2 N–H and O–H groups in total. The largest absolute Gasteiger partial charge is 0.349 e. The maximum Gasteiger partial charge on any atom is 0.251 e. The molecule has 6 nitrogen and oxygen atoms in total. The highest BCUT2D eigenvalue weighted by atomic mass is 16.2. The third-order valence-electron chi connectivity index (χ3n) is 5.38. The van der Waals surface area contributed by atoms with Gasteiger partial charge in [0.05, 0.1) is 0 Å². The van der Waals surface area contributed by atoms with Gasteiger partial charge < -0.3 is 15.5 Å². The third kappa shape index (κ3) is 6.17. The van der Waals surface area contributed by atoms with Crippen LogP contribution in [0.25, 0.3) is 0 Å². The maximum atomic E-state index is 12.5. The number of hydrogen-bond donors (Lipinski definition) is 2. The molecule has 1 aliphatic heterocycles. The average molecular weight is 408 g/mol. The topological polar surface area (TPSA) is 78.5 Å². The first-order chi connectivity index (χ1) is 14.4. The van der Waals surface area contributed by atoms with Crippen LogP contribution in [0.3, 0.4) is 0 Å². The predicted molar refractivity (Wildman–Crippen MR) is 117 cm³/mol. The van der Waals surface area contributed by atoms with Gasteiger partial charge in [0, 0.05) is 43.7 Å². The molecule has 30 heavy (non-hydrogen) atoms. The number of hydrogen-bond acceptors (Lipinski definition) is 3. The Balaban J connectivity index is 1.44. The lowest BCUT2D eigenvalue weighted by atomic mass is 10.0. The Morgan fingerprint density at radius 2 is 1.73 bits per heavy atom. The van der Waals surface area contributed by atoms with Gasteiger partial charge in [-0.3, -0.25) is 14.4 Å². The summed E-state index contributed by atoms with van der Waals surface area (Å²) >= 11 is 0. The van der Waals surface area contributed by atoms with Crippen molar-refractivity contribution in [1.29, 1.82) is 0 Å². The molecule has 3 amide bonds. The molecule has 1 fully saturated rings. The van der Waals surface area contributed by atoms with Crippen molar-refractivity contribution in [1.82, 2.24) is 10.2 Å². The van der Waals surface area contributed by atoms with Crippen LogP contribution in [0.5, 0.6) is 0 Å². The number of nitrogens with zero attached hydrogens (tertiary/aromatic N) is 1. The Hall–Kier alpha value is -3.15. The Labute approximate surface area is 177 Å². The molecule has 0 radical (unpaired) electrons. The van der Waals surface area contributed by atoms with E-state index in [2.05, 4.69) is 41.8 Å². The first kappa shape index (κ1) is 21.6. The van der Waals surface area contributed by atoms with Gasteiger partial charge in [-0.15, -0.1) is 0 Å². The van der Waals surface area contributed by atoms with E-state index >= 15 is 0 Å². The number of amides is 3. The number of carbonyl (C=O) groups excluding carboxylic acids is 3. The molecule has 1 heterocycles. The molecule has 0 aliphatic carbocycles. The minimum absolute atomic E-state index is 0.0445. The molecule has 0 spiro atoms. The summed E-state index contributed by atoms with van der Waals surface area (Å²) in [4.78, 5) is 38.2. The van der Waals surface area contributed by atoms with Crippen LogP contribution in [0.4, 0.5) is 5.69 Å². The molecule has 0 unspecified atom stereocenters. The van der Waals surface area contributed by atoms with Crippen LogP contribution in [0, 0.1) is 6.92 Å². The summed E-state index contributed by atoms with van der Waals surface area (Å²) in [7, 11) is 0. The summed E-state index contributed by atoms with van der Waals surface area (Å²) < 4.78 is 0. The molecular weight excluding hydrogens is 378 g/mol. The van der Waals surface area contributed by atoms with Crippen LogP contribution in [-0.4, -0.2) is 41.8 Å². The van der Waals surface area contributed by atoms with Crippen LogP contribution in [0.1, 0.15) is 47.7 Å². The molecule has 1 aliphatic rings. The lowest BCUT2D eigenvalue weighted by molar-refractivity contribution is -0.132. The number of carbonyl (C=O) groups is 3. The first-order valence-electron chi connectivity index (χ1n) is 10.4. The molecule has 2 aromatic carbocycles. The van der Waals surface area contributed by atoms with Gasteiger partial charge in [-0.2, -0.15) is 0 Å². The van der Waals surface area contributed by atoms with E-state index in [0.717, 1.165) is 19.3 Å². The van der Waals surface area contributed by atoms with Gasteiger partial charge in [0.2, 0.25) is 11.8 Å².